The van der Waals surface area contributed by atoms with E-state index in [1.807, 2.05) is 57.4 Å². The van der Waals surface area contributed by atoms with Crippen molar-refractivity contribution in [2.24, 2.45) is 0 Å². The van der Waals surface area contributed by atoms with Crippen molar-refractivity contribution >= 4 is 43.5 Å². The Morgan fingerprint density at radius 1 is 0.889 bits per heavy atom. The van der Waals surface area contributed by atoms with Crippen LogP contribution in [0.3, 0.4) is 0 Å². The van der Waals surface area contributed by atoms with E-state index in [-0.39, 0.29) is 0 Å². The number of hydrogen-bond donors (Lipinski definition) is 1. The van der Waals surface area contributed by atoms with Gasteiger partial charge >= 0.3 is 0 Å². The smallest absolute Gasteiger partial charge is 0.232 e. The molecule has 5 nitrogen and oxygen atoms in total. The second kappa shape index (κ2) is 7.48. The maximum absolute atomic E-state index is 11.9. The minimum absolute atomic E-state index is 0.405. The van der Waals surface area contributed by atoms with Crippen LogP contribution in [0.1, 0.15) is 6.92 Å². The molecule has 0 atom stereocenters. The fourth-order valence-corrected chi connectivity index (χ4v) is 4.23. The van der Waals surface area contributed by atoms with Gasteiger partial charge in [-0.05, 0) is 43.3 Å². The van der Waals surface area contributed by atoms with E-state index >= 15 is 0 Å². The summed E-state index contributed by atoms with van der Waals surface area (Å²) < 4.78 is 25.1. The molecule has 27 heavy (non-hydrogen) atoms. The molecule has 0 saturated carbocycles. The van der Waals surface area contributed by atoms with Crippen LogP contribution in [0, 0.1) is 0 Å². The zero-order valence-electron chi connectivity index (χ0n) is 16.1. The Morgan fingerprint density at radius 2 is 1.52 bits per heavy atom. The Morgan fingerprint density at radius 3 is 2.07 bits per heavy atom. The first kappa shape index (κ1) is 19.0. The van der Waals surface area contributed by atoms with Crippen LogP contribution in [0.15, 0.2) is 60.7 Å². The molecule has 3 aromatic rings. The molecule has 0 radical (unpaired) electrons. The monoisotopic (exact) mass is 383 g/mol. The molecule has 0 heterocycles. The second-order valence-electron chi connectivity index (χ2n) is 6.67. The summed E-state index contributed by atoms with van der Waals surface area (Å²) in [5.41, 5.74) is 3.75. The number of nitrogens with zero attached hydrogens (tertiary/aromatic N) is 2. The van der Waals surface area contributed by atoms with Gasteiger partial charge in [0.2, 0.25) is 10.0 Å². The SMILES string of the molecule is CCN(c1ccc(Nc2ccc(N(C)C)c3ccccc23)cc1)S(C)(=O)=O. The molecule has 6 heteroatoms. The van der Waals surface area contributed by atoms with Gasteiger partial charge in [-0.2, -0.15) is 0 Å². The molecule has 0 aromatic heterocycles. The molecule has 0 unspecified atom stereocenters. The molecule has 0 spiro atoms. The third-order valence-corrected chi connectivity index (χ3v) is 5.77. The van der Waals surface area contributed by atoms with E-state index in [1.165, 1.54) is 21.6 Å². The molecule has 0 aliphatic heterocycles. The first-order valence-corrected chi connectivity index (χ1v) is 10.7. The maximum Gasteiger partial charge on any atom is 0.232 e. The van der Waals surface area contributed by atoms with E-state index in [4.69, 9.17) is 0 Å². The largest absolute Gasteiger partial charge is 0.377 e. The average Bonchev–Trinajstić information content (AvgIpc) is 2.62. The van der Waals surface area contributed by atoms with E-state index in [0.29, 0.717) is 12.2 Å². The summed E-state index contributed by atoms with van der Waals surface area (Å²) in [5, 5.41) is 5.77. The highest BCUT2D eigenvalue weighted by Gasteiger charge is 2.15. The summed E-state index contributed by atoms with van der Waals surface area (Å²) in [7, 11) is 0.800. The lowest BCUT2D eigenvalue weighted by molar-refractivity contribution is 0.598. The minimum atomic E-state index is -3.27. The van der Waals surface area contributed by atoms with Crippen LogP contribution < -0.4 is 14.5 Å². The van der Waals surface area contributed by atoms with E-state index in [0.717, 1.165) is 16.8 Å². The first-order chi connectivity index (χ1) is 12.8. The molecule has 142 valence electrons. The number of nitrogens with one attached hydrogen (secondary N) is 1. The number of hydrogen-bond acceptors (Lipinski definition) is 4. The second-order valence-corrected chi connectivity index (χ2v) is 8.58. The Labute approximate surface area is 161 Å². The van der Waals surface area contributed by atoms with Crippen LogP contribution >= 0.6 is 0 Å². The zero-order valence-corrected chi connectivity index (χ0v) is 16.9. The van der Waals surface area contributed by atoms with Gasteiger partial charge in [0.25, 0.3) is 0 Å². The van der Waals surface area contributed by atoms with Crippen molar-refractivity contribution in [3.8, 4) is 0 Å². The van der Waals surface area contributed by atoms with E-state index in [9.17, 15) is 8.42 Å². The minimum Gasteiger partial charge on any atom is -0.377 e. The Hall–Kier alpha value is -2.73. The molecular formula is C21H25N3O2S. The maximum atomic E-state index is 11.9. The Bertz CT molecular complexity index is 1040. The molecule has 0 saturated heterocycles. The van der Waals surface area contributed by atoms with Crippen molar-refractivity contribution in [3.63, 3.8) is 0 Å². The number of sulfonamides is 1. The summed E-state index contributed by atoms with van der Waals surface area (Å²) in [6, 6.07) is 19.9. The Kier molecular flexibility index (Phi) is 5.28. The van der Waals surface area contributed by atoms with Crippen molar-refractivity contribution in [2.45, 2.75) is 6.92 Å². The lowest BCUT2D eigenvalue weighted by atomic mass is 10.1. The summed E-state index contributed by atoms with van der Waals surface area (Å²) >= 11 is 0. The molecule has 0 fully saturated rings. The van der Waals surface area contributed by atoms with Gasteiger partial charge in [0.15, 0.2) is 0 Å². The quantitative estimate of drug-likeness (QED) is 0.684. The lowest BCUT2D eigenvalue weighted by Crippen LogP contribution is -2.29. The predicted octanol–water partition coefficient (Wildman–Crippen LogP) is 4.44. The van der Waals surface area contributed by atoms with E-state index in [2.05, 4.69) is 34.5 Å². The molecular weight excluding hydrogens is 358 g/mol. The highest BCUT2D eigenvalue weighted by molar-refractivity contribution is 7.92. The first-order valence-electron chi connectivity index (χ1n) is 8.85. The van der Waals surface area contributed by atoms with Gasteiger partial charge in [-0.25, -0.2) is 8.42 Å². The number of rotatable bonds is 6. The lowest BCUT2D eigenvalue weighted by Gasteiger charge is -2.21. The van der Waals surface area contributed by atoms with Crippen molar-refractivity contribution in [3.05, 3.63) is 60.7 Å². The van der Waals surface area contributed by atoms with Gasteiger partial charge < -0.3 is 10.2 Å². The fourth-order valence-electron chi connectivity index (χ4n) is 3.26. The number of anilines is 4. The molecule has 1 N–H and O–H groups in total. The van der Waals surface area contributed by atoms with Crippen LogP contribution in [-0.4, -0.2) is 35.3 Å². The van der Waals surface area contributed by atoms with Crippen molar-refractivity contribution < 1.29 is 8.42 Å². The number of benzene rings is 3. The van der Waals surface area contributed by atoms with Crippen molar-refractivity contribution in [1.82, 2.24) is 0 Å². The van der Waals surface area contributed by atoms with Crippen LogP contribution in [0.4, 0.5) is 22.7 Å². The average molecular weight is 384 g/mol. The van der Waals surface area contributed by atoms with Crippen LogP contribution in [0.5, 0.6) is 0 Å². The van der Waals surface area contributed by atoms with E-state index in [1.54, 1.807) is 0 Å². The fraction of sp³-hybridized carbons (Fsp3) is 0.238. The molecule has 0 amide bonds. The summed E-state index contributed by atoms with van der Waals surface area (Å²) in [5.74, 6) is 0. The molecule has 0 aliphatic carbocycles. The molecule has 3 aromatic carbocycles. The van der Waals surface area contributed by atoms with Gasteiger partial charge in [-0.1, -0.05) is 24.3 Å². The van der Waals surface area contributed by atoms with Crippen molar-refractivity contribution in [2.75, 3.05) is 41.4 Å². The highest BCUT2D eigenvalue weighted by atomic mass is 32.2. The van der Waals surface area contributed by atoms with Gasteiger partial charge in [-0.15, -0.1) is 0 Å². The summed E-state index contributed by atoms with van der Waals surface area (Å²) in [6.07, 6.45) is 1.22. The topological polar surface area (TPSA) is 52.6 Å². The van der Waals surface area contributed by atoms with Crippen LogP contribution in [-0.2, 0) is 10.0 Å². The van der Waals surface area contributed by atoms with Gasteiger partial charge in [0.05, 0.1) is 11.9 Å². The van der Waals surface area contributed by atoms with Crippen LogP contribution in [0.25, 0.3) is 10.8 Å². The summed E-state index contributed by atoms with van der Waals surface area (Å²) in [4.78, 5) is 2.10. The van der Waals surface area contributed by atoms with E-state index < -0.39 is 10.0 Å². The van der Waals surface area contributed by atoms with Crippen LogP contribution in [0.2, 0.25) is 0 Å². The van der Waals surface area contributed by atoms with Gasteiger partial charge in [-0.3, -0.25) is 4.31 Å². The third kappa shape index (κ3) is 4.01. The predicted molar refractivity (Wildman–Crippen MR) is 116 cm³/mol. The van der Waals surface area contributed by atoms with Gasteiger partial charge in [0.1, 0.15) is 0 Å². The zero-order chi connectivity index (χ0) is 19.6. The summed E-state index contributed by atoms with van der Waals surface area (Å²) in [6.45, 7) is 2.23. The third-order valence-electron chi connectivity index (χ3n) is 4.50. The Balaban J connectivity index is 1.94. The van der Waals surface area contributed by atoms with Gasteiger partial charge in [0, 0.05) is 48.5 Å². The molecule has 0 bridgehead atoms. The normalized spacial score (nSPS) is 11.4. The highest BCUT2D eigenvalue weighted by Crippen LogP contribution is 2.33. The number of fused-ring (bicyclic) bond motifs is 1. The van der Waals surface area contributed by atoms with Crippen molar-refractivity contribution in [1.29, 1.82) is 0 Å². The molecule has 3 rings (SSSR count). The standard InChI is InChI=1S/C21H25N3O2S/c1-5-24(27(4,25)26)17-12-10-16(11-13-17)22-20-14-15-21(23(2)3)19-9-7-6-8-18(19)20/h6-15,22H,5H2,1-4H3. The molecule has 0 aliphatic rings.